The third-order valence-electron chi connectivity index (χ3n) is 5.05. The summed E-state index contributed by atoms with van der Waals surface area (Å²) < 4.78 is 12.7. The molecule has 0 saturated carbocycles. The minimum Gasteiger partial charge on any atom is -0.493 e. The average Bonchev–Trinajstić information content (AvgIpc) is 3.27. The molecule has 0 radical (unpaired) electrons. The van der Waals surface area contributed by atoms with Crippen molar-refractivity contribution in [3.63, 3.8) is 0 Å². The lowest BCUT2D eigenvalue weighted by atomic mass is 9.95. The minimum absolute atomic E-state index is 0.0302. The number of benzene rings is 2. The van der Waals surface area contributed by atoms with E-state index in [9.17, 15) is 4.79 Å². The van der Waals surface area contributed by atoms with Gasteiger partial charge in [0.15, 0.2) is 11.5 Å². The van der Waals surface area contributed by atoms with Crippen molar-refractivity contribution in [2.45, 2.75) is 25.3 Å². The molecule has 1 N–H and O–H groups in total. The smallest absolute Gasteiger partial charge is 0.220 e. The highest BCUT2D eigenvalue weighted by Gasteiger charge is 2.17. The largest absolute Gasteiger partial charge is 0.493 e. The lowest BCUT2D eigenvalue weighted by Crippen LogP contribution is -2.28. The molecule has 5 nitrogen and oxygen atoms in total. The highest BCUT2D eigenvalue weighted by Crippen LogP contribution is 2.27. The summed E-state index contributed by atoms with van der Waals surface area (Å²) in [7, 11) is 3.23. The van der Waals surface area contributed by atoms with Crippen molar-refractivity contribution in [1.82, 2.24) is 9.88 Å². The van der Waals surface area contributed by atoms with Crippen LogP contribution in [0.1, 0.15) is 23.5 Å². The molecule has 1 heterocycles. The number of hydrogen-bond donors (Lipinski definition) is 1. The van der Waals surface area contributed by atoms with Crippen molar-refractivity contribution < 1.29 is 14.3 Å². The van der Waals surface area contributed by atoms with Gasteiger partial charge in [-0.05, 0) is 53.9 Å². The predicted octanol–water partition coefficient (Wildman–Crippen LogP) is 4.69. The molecule has 0 aliphatic carbocycles. The Morgan fingerprint density at radius 1 is 1.03 bits per heavy atom. The number of carbonyl (C=O) groups is 1. The zero-order valence-corrected chi connectivity index (χ0v) is 18.1. The van der Waals surface area contributed by atoms with Crippen molar-refractivity contribution in [3.05, 3.63) is 83.1 Å². The molecule has 6 heteroatoms. The lowest BCUT2D eigenvalue weighted by Gasteiger charge is -2.18. The number of methoxy groups -OCH3 is 2. The van der Waals surface area contributed by atoms with Gasteiger partial charge >= 0.3 is 0 Å². The number of halogens is 1. The van der Waals surface area contributed by atoms with Crippen LogP contribution >= 0.6 is 11.6 Å². The molecule has 1 atom stereocenters. The van der Waals surface area contributed by atoms with E-state index in [-0.39, 0.29) is 11.8 Å². The SMILES string of the molecule is COc1ccc(CCNC(=O)CC(Cn2cccc2)c2ccc(Cl)cc2)cc1OC. The molecule has 0 bridgehead atoms. The van der Waals surface area contributed by atoms with Crippen molar-refractivity contribution in [1.29, 1.82) is 0 Å². The number of nitrogens with zero attached hydrogens (tertiary/aromatic N) is 1. The van der Waals surface area contributed by atoms with Crippen LogP contribution in [0.2, 0.25) is 5.02 Å². The monoisotopic (exact) mass is 426 g/mol. The van der Waals surface area contributed by atoms with E-state index in [1.807, 2.05) is 67.0 Å². The van der Waals surface area contributed by atoms with Crippen LogP contribution in [0.4, 0.5) is 0 Å². The number of amides is 1. The van der Waals surface area contributed by atoms with Crippen LogP contribution < -0.4 is 14.8 Å². The summed E-state index contributed by atoms with van der Waals surface area (Å²) in [6.45, 7) is 1.29. The van der Waals surface area contributed by atoms with E-state index in [0.29, 0.717) is 29.5 Å². The molecule has 0 saturated heterocycles. The topological polar surface area (TPSA) is 52.5 Å². The number of aromatic nitrogens is 1. The zero-order chi connectivity index (χ0) is 21.3. The maximum absolute atomic E-state index is 12.6. The summed E-state index contributed by atoms with van der Waals surface area (Å²) >= 11 is 6.03. The lowest BCUT2D eigenvalue weighted by molar-refractivity contribution is -0.121. The van der Waals surface area contributed by atoms with Crippen LogP contribution in [0, 0.1) is 0 Å². The molecule has 3 aromatic rings. The van der Waals surface area contributed by atoms with Gasteiger partial charge in [0.1, 0.15) is 0 Å². The Balaban J connectivity index is 1.58. The molecule has 2 aromatic carbocycles. The molecule has 30 heavy (non-hydrogen) atoms. The Bertz CT molecular complexity index is 940. The van der Waals surface area contributed by atoms with Gasteiger partial charge in [0.25, 0.3) is 0 Å². The molecule has 0 aliphatic rings. The van der Waals surface area contributed by atoms with Crippen LogP contribution in [0.15, 0.2) is 67.0 Å². The van der Waals surface area contributed by atoms with Crippen LogP contribution in [0.3, 0.4) is 0 Å². The zero-order valence-electron chi connectivity index (χ0n) is 17.3. The second-order valence-corrected chi connectivity index (χ2v) is 7.56. The number of hydrogen-bond acceptors (Lipinski definition) is 3. The second-order valence-electron chi connectivity index (χ2n) is 7.12. The summed E-state index contributed by atoms with van der Waals surface area (Å²) in [5.74, 6) is 1.48. The maximum atomic E-state index is 12.6. The number of ether oxygens (including phenoxy) is 2. The fraction of sp³-hybridized carbons (Fsp3) is 0.292. The minimum atomic E-state index is 0.0302. The fourth-order valence-corrected chi connectivity index (χ4v) is 3.57. The number of rotatable bonds is 10. The number of nitrogens with one attached hydrogen (secondary N) is 1. The number of carbonyl (C=O) groups excluding carboxylic acids is 1. The Hall–Kier alpha value is -2.92. The van der Waals surface area contributed by atoms with Gasteiger partial charge in [-0.3, -0.25) is 4.79 Å². The van der Waals surface area contributed by atoms with Gasteiger partial charge in [0, 0.05) is 42.8 Å². The maximum Gasteiger partial charge on any atom is 0.220 e. The molecule has 0 spiro atoms. The standard InChI is InChI=1S/C24H27ClN2O3/c1-29-22-10-5-18(15-23(22)30-2)11-12-26-24(28)16-20(17-27-13-3-4-14-27)19-6-8-21(25)9-7-19/h3-10,13-15,20H,11-12,16-17H2,1-2H3,(H,26,28). The first-order valence-corrected chi connectivity index (χ1v) is 10.3. The quantitative estimate of drug-likeness (QED) is 0.511. The van der Waals surface area contributed by atoms with E-state index in [0.717, 1.165) is 24.1 Å². The van der Waals surface area contributed by atoms with Crippen molar-refractivity contribution in [2.24, 2.45) is 0 Å². The van der Waals surface area contributed by atoms with E-state index in [1.165, 1.54) is 0 Å². The van der Waals surface area contributed by atoms with E-state index in [1.54, 1.807) is 14.2 Å². The van der Waals surface area contributed by atoms with Crippen molar-refractivity contribution >= 4 is 17.5 Å². The van der Waals surface area contributed by atoms with Crippen LogP contribution in [-0.2, 0) is 17.8 Å². The molecule has 3 rings (SSSR count). The van der Waals surface area contributed by atoms with Gasteiger partial charge in [-0.25, -0.2) is 0 Å². The first-order valence-electron chi connectivity index (χ1n) is 9.93. The highest BCUT2D eigenvalue weighted by atomic mass is 35.5. The Morgan fingerprint density at radius 2 is 1.73 bits per heavy atom. The molecular weight excluding hydrogens is 400 g/mol. The fourth-order valence-electron chi connectivity index (χ4n) is 3.45. The molecule has 0 aliphatic heterocycles. The van der Waals surface area contributed by atoms with E-state index < -0.39 is 0 Å². The molecule has 0 fully saturated rings. The van der Waals surface area contributed by atoms with Gasteiger partial charge in [0.2, 0.25) is 5.91 Å². The molecule has 1 amide bonds. The van der Waals surface area contributed by atoms with Crippen LogP contribution in [0.5, 0.6) is 11.5 Å². The predicted molar refractivity (Wildman–Crippen MR) is 120 cm³/mol. The summed E-state index contributed by atoms with van der Waals surface area (Å²) in [6.07, 6.45) is 5.15. The molecule has 1 aromatic heterocycles. The van der Waals surface area contributed by atoms with Crippen molar-refractivity contribution in [2.75, 3.05) is 20.8 Å². The van der Waals surface area contributed by atoms with E-state index in [2.05, 4.69) is 9.88 Å². The molecular formula is C24H27ClN2O3. The van der Waals surface area contributed by atoms with E-state index in [4.69, 9.17) is 21.1 Å². The first kappa shape index (κ1) is 21.8. The van der Waals surface area contributed by atoms with E-state index >= 15 is 0 Å². The van der Waals surface area contributed by atoms with Gasteiger partial charge in [-0.15, -0.1) is 0 Å². The first-order chi connectivity index (χ1) is 14.6. The Morgan fingerprint density at radius 3 is 2.40 bits per heavy atom. The van der Waals surface area contributed by atoms with Gasteiger partial charge in [-0.2, -0.15) is 0 Å². The van der Waals surface area contributed by atoms with Gasteiger partial charge < -0.3 is 19.4 Å². The highest BCUT2D eigenvalue weighted by molar-refractivity contribution is 6.30. The van der Waals surface area contributed by atoms with Crippen LogP contribution in [0.25, 0.3) is 0 Å². The van der Waals surface area contributed by atoms with Gasteiger partial charge in [-0.1, -0.05) is 29.8 Å². The third kappa shape index (κ3) is 6.04. The van der Waals surface area contributed by atoms with Crippen LogP contribution in [-0.4, -0.2) is 31.2 Å². The second kappa shape index (κ2) is 10.7. The van der Waals surface area contributed by atoms with Crippen molar-refractivity contribution in [3.8, 4) is 11.5 Å². The Labute approximate surface area is 182 Å². The normalized spacial score (nSPS) is 11.7. The summed E-state index contributed by atoms with van der Waals surface area (Å²) in [6, 6.07) is 17.5. The summed E-state index contributed by atoms with van der Waals surface area (Å²) in [5.41, 5.74) is 2.18. The summed E-state index contributed by atoms with van der Waals surface area (Å²) in [5, 5.41) is 3.73. The van der Waals surface area contributed by atoms with Gasteiger partial charge in [0.05, 0.1) is 14.2 Å². The third-order valence-corrected chi connectivity index (χ3v) is 5.31. The summed E-state index contributed by atoms with van der Waals surface area (Å²) in [4.78, 5) is 12.6. The molecule has 1 unspecified atom stereocenters. The molecule has 158 valence electrons. The average molecular weight is 427 g/mol. The Kier molecular flexibility index (Phi) is 7.80.